The maximum atomic E-state index is 9.30. The predicted molar refractivity (Wildman–Crippen MR) is 50.2 cm³/mol. The molecule has 0 fully saturated rings. The molecule has 8 heteroatoms. The molecule has 8 N–H and O–H groups in total. The Morgan fingerprint density at radius 3 is 2.20 bits per heavy atom. The molecule has 0 heterocycles. The zero-order valence-corrected chi connectivity index (χ0v) is 8.59. The Morgan fingerprint density at radius 1 is 1.27 bits per heavy atom. The van der Waals surface area contributed by atoms with Gasteiger partial charge in [0.1, 0.15) is 0 Å². The van der Waals surface area contributed by atoms with E-state index in [1.54, 1.807) is 6.92 Å². The molecule has 0 saturated carbocycles. The summed E-state index contributed by atoms with van der Waals surface area (Å²) in [6, 6.07) is 0. The highest BCUT2D eigenvalue weighted by Gasteiger charge is 2.52. The molecule has 0 unspecified atom stereocenters. The Hall–Kier alpha value is -0.320. The average molecular weight is 225 g/mol. The van der Waals surface area contributed by atoms with Crippen molar-refractivity contribution in [1.29, 1.82) is 0 Å². The van der Waals surface area contributed by atoms with E-state index in [1.807, 2.05) is 5.32 Å². The van der Waals surface area contributed by atoms with Crippen LogP contribution in [0.1, 0.15) is 13.3 Å². The van der Waals surface area contributed by atoms with E-state index in [9.17, 15) is 20.4 Å². The van der Waals surface area contributed by atoms with Gasteiger partial charge < -0.3 is 31.4 Å². The number of hydroxylamine groups is 2. The topological polar surface area (TPSA) is 142 Å². The van der Waals surface area contributed by atoms with Crippen LogP contribution in [-0.2, 0) is 0 Å². The molecule has 8 nitrogen and oxygen atoms in total. The van der Waals surface area contributed by atoms with E-state index in [0.29, 0.717) is 6.42 Å². The van der Waals surface area contributed by atoms with E-state index in [-0.39, 0.29) is 24.7 Å². The van der Waals surface area contributed by atoms with Gasteiger partial charge in [-0.05, 0) is 6.42 Å². The summed E-state index contributed by atoms with van der Waals surface area (Å²) in [7, 11) is 0. The summed E-state index contributed by atoms with van der Waals surface area (Å²) in [5.74, 6) is -6.28. The monoisotopic (exact) mass is 225 g/mol. The number of nitrogens with one attached hydrogen (secondary N) is 1. The van der Waals surface area contributed by atoms with Gasteiger partial charge in [0.25, 0.3) is 5.91 Å². The third-order valence-electron chi connectivity index (χ3n) is 1.78. The van der Waals surface area contributed by atoms with Crippen molar-refractivity contribution < 1.29 is 25.6 Å². The molecule has 92 valence electrons. The molecule has 0 aliphatic rings. The molecule has 0 aliphatic heterocycles. The van der Waals surface area contributed by atoms with E-state index >= 15 is 0 Å². The minimum atomic E-state index is -3.21. The highest BCUT2D eigenvalue weighted by Crippen LogP contribution is 2.17. The maximum absolute atomic E-state index is 9.30. The molecular formula is C7H19N3O5. The van der Waals surface area contributed by atoms with Crippen LogP contribution in [0, 0.1) is 0 Å². The zero-order chi connectivity index (χ0) is 12.1. The van der Waals surface area contributed by atoms with E-state index < -0.39 is 11.8 Å². The minimum Gasteiger partial charge on any atom is -0.348 e. The van der Waals surface area contributed by atoms with Crippen molar-refractivity contribution in [2.45, 2.75) is 25.2 Å². The summed E-state index contributed by atoms with van der Waals surface area (Å²) in [5, 5.41) is 48.3. The molecule has 15 heavy (non-hydrogen) atoms. The highest BCUT2D eigenvalue weighted by atomic mass is 16.7. The van der Waals surface area contributed by atoms with Gasteiger partial charge in [0.05, 0.1) is 0 Å². The molecular weight excluding hydrogens is 206 g/mol. The number of hydrogen-bond acceptors (Lipinski definition) is 8. The lowest BCUT2D eigenvalue weighted by atomic mass is 10.3. The minimum absolute atomic E-state index is 0.0243. The van der Waals surface area contributed by atoms with E-state index in [4.69, 9.17) is 10.9 Å². The molecule has 0 spiro atoms. The lowest BCUT2D eigenvalue weighted by molar-refractivity contribution is -0.471. The molecule has 0 aromatic rings. The van der Waals surface area contributed by atoms with Crippen LogP contribution in [-0.4, -0.2) is 62.2 Å². The van der Waals surface area contributed by atoms with Crippen molar-refractivity contribution in [2.75, 3.05) is 19.6 Å². The Bertz CT molecular complexity index is 187. The number of nitrogens with two attached hydrogens (primary N) is 1. The fraction of sp³-hybridized carbons (Fsp3) is 1.00. The van der Waals surface area contributed by atoms with Gasteiger partial charge in [-0.3, -0.25) is 5.32 Å². The van der Waals surface area contributed by atoms with Crippen molar-refractivity contribution in [3.05, 3.63) is 0 Å². The Kier molecular flexibility index (Phi) is 5.56. The van der Waals surface area contributed by atoms with Crippen LogP contribution in [0.25, 0.3) is 0 Å². The highest BCUT2D eigenvalue weighted by molar-refractivity contribution is 4.77. The van der Waals surface area contributed by atoms with Gasteiger partial charge in [0.2, 0.25) is 0 Å². The Morgan fingerprint density at radius 2 is 1.80 bits per heavy atom. The summed E-state index contributed by atoms with van der Waals surface area (Å²) in [6.07, 6.45) is 0.395. The van der Waals surface area contributed by atoms with Gasteiger partial charge in [-0.15, -0.1) is 5.06 Å². The second-order valence-corrected chi connectivity index (χ2v) is 3.15. The number of nitrogens with zero attached hydrogens (tertiary/aromatic N) is 1. The van der Waals surface area contributed by atoms with Crippen LogP contribution in [0.3, 0.4) is 0 Å². The second-order valence-electron chi connectivity index (χ2n) is 3.15. The van der Waals surface area contributed by atoms with Gasteiger partial charge in [-0.25, -0.2) is 0 Å². The van der Waals surface area contributed by atoms with Gasteiger partial charge in [0.15, 0.2) is 0 Å². The molecule has 0 aliphatic carbocycles. The SMILES string of the molecule is CCCN(O)C(O)(O)C(O)(O)NCCN. The van der Waals surface area contributed by atoms with Gasteiger partial charge in [0, 0.05) is 19.6 Å². The summed E-state index contributed by atoms with van der Waals surface area (Å²) in [5.41, 5.74) is 5.09. The first kappa shape index (κ1) is 14.7. The van der Waals surface area contributed by atoms with E-state index in [2.05, 4.69) is 0 Å². The van der Waals surface area contributed by atoms with Crippen molar-refractivity contribution in [3.63, 3.8) is 0 Å². The third-order valence-corrected chi connectivity index (χ3v) is 1.78. The van der Waals surface area contributed by atoms with E-state index in [1.165, 1.54) is 0 Å². The first-order valence-electron chi connectivity index (χ1n) is 4.60. The quantitative estimate of drug-likeness (QED) is 0.178. The fourth-order valence-corrected chi connectivity index (χ4v) is 0.913. The zero-order valence-electron chi connectivity index (χ0n) is 8.59. The molecule has 0 bridgehead atoms. The number of rotatable bonds is 7. The van der Waals surface area contributed by atoms with Crippen LogP contribution < -0.4 is 11.1 Å². The molecule has 0 aromatic heterocycles. The van der Waals surface area contributed by atoms with Crippen molar-refractivity contribution in [3.8, 4) is 0 Å². The van der Waals surface area contributed by atoms with Gasteiger partial charge in [-0.2, -0.15) is 0 Å². The first-order chi connectivity index (χ1) is 6.79. The smallest absolute Gasteiger partial charge is 0.319 e. The fourth-order valence-electron chi connectivity index (χ4n) is 0.913. The summed E-state index contributed by atoms with van der Waals surface area (Å²) < 4.78 is 0. The van der Waals surface area contributed by atoms with Crippen molar-refractivity contribution in [2.24, 2.45) is 5.73 Å². The second kappa shape index (κ2) is 5.68. The average Bonchev–Trinajstić information content (AvgIpc) is 2.15. The van der Waals surface area contributed by atoms with Crippen molar-refractivity contribution >= 4 is 0 Å². The largest absolute Gasteiger partial charge is 0.348 e. The van der Waals surface area contributed by atoms with E-state index in [0.717, 1.165) is 0 Å². The van der Waals surface area contributed by atoms with Crippen molar-refractivity contribution in [1.82, 2.24) is 10.4 Å². The van der Waals surface area contributed by atoms with Crippen LogP contribution in [0.15, 0.2) is 0 Å². The predicted octanol–water partition coefficient (Wildman–Crippen LogP) is -3.09. The van der Waals surface area contributed by atoms with Crippen LogP contribution >= 0.6 is 0 Å². The standard InChI is InChI=1S/C7H19N3O5/c1-2-5-10(15)7(13,14)6(11,12)9-4-3-8/h9,11-15H,2-5,8H2,1H3. The molecule has 0 rings (SSSR count). The number of hydrogen-bond donors (Lipinski definition) is 7. The normalized spacial score (nSPS) is 13.6. The third kappa shape index (κ3) is 3.63. The molecule has 0 aromatic carbocycles. The van der Waals surface area contributed by atoms with Crippen LogP contribution in [0.2, 0.25) is 0 Å². The summed E-state index contributed by atoms with van der Waals surface area (Å²) >= 11 is 0. The van der Waals surface area contributed by atoms with Crippen LogP contribution in [0.4, 0.5) is 0 Å². The maximum Gasteiger partial charge on any atom is 0.319 e. The van der Waals surface area contributed by atoms with Crippen LogP contribution in [0.5, 0.6) is 0 Å². The summed E-state index contributed by atoms with van der Waals surface area (Å²) in [6.45, 7) is 1.54. The summed E-state index contributed by atoms with van der Waals surface area (Å²) in [4.78, 5) is 0. The van der Waals surface area contributed by atoms with Gasteiger partial charge >= 0.3 is 5.91 Å². The molecule has 0 saturated heterocycles. The molecule has 0 radical (unpaired) electrons. The Labute approximate surface area is 87.5 Å². The lowest BCUT2D eigenvalue weighted by Gasteiger charge is -2.39. The molecule has 0 atom stereocenters. The molecule has 0 amide bonds. The lowest BCUT2D eigenvalue weighted by Crippen LogP contribution is -2.70. The Balaban J connectivity index is 4.51. The van der Waals surface area contributed by atoms with Gasteiger partial charge in [-0.1, -0.05) is 6.92 Å². The first-order valence-corrected chi connectivity index (χ1v) is 4.60. The number of aliphatic hydroxyl groups is 4.